The first-order valence-electron chi connectivity index (χ1n) is 6.74. The molecule has 0 radical (unpaired) electrons. The first-order chi connectivity index (χ1) is 8.43. The van der Waals surface area contributed by atoms with Gasteiger partial charge < -0.3 is 5.32 Å². The van der Waals surface area contributed by atoms with Crippen molar-refractivity contribution in [3.63, 3.8) is 0 Å². The summed E-state index contributed by atoms with van der Waals surface area (Å²) in [6.07, 6.45) is 7.40. The van der Waals surface area contributed by atoms with Crippen molar-refractivity contribution in [2.45, 2.75) is 38.5 Å². The summed E-state index contributed by atoms with van der Waals surface area (Å²) in [6.45, 7) is 2.29. The SMILES string of the molecule is ClCCCCCNCCCCc1ccccc1. The lowest BCUT2D eigenvalue weighted by Gasteiger charge is -2.04. The summed E-state index contributed by atoms with van der Waals surface area (Å²) >= 11 is 5.62. The van der Waals surface area contributed by atoms with Gasteiger partial charge in [-0.3, -0.25) is 0 Å². The molecule has 0 aliphatic carbocycles. The number of hydrogen-bond acceptors (Lipinski definition) is 1. The van der Waals surface area contributed by atoms with Crippen LogP contribution in [-0.2, 0) is 6.42 Å². The van der Waals surface area contributed by atoms with Gasteiger partial charge in [-0.25, -0.2) is 0 Å². The largest absolute Gasteiger partial charge is 0.317 e. The fourth-order valence-electron chi connectivity index (χ4n) is 1.87. The average Bonchev–Trinajstić information content (AvgIpc) is 2.38. The Balaban J connectivity index is 1.85. The molecule has 0 saturated heterocycles. The van der Waals surface area contributed by atoms with E-state index >= 15 is 0 Å². The number of halogens is 1. The quantitative estimate of drug-likeness (QED) is 0.491. The minimum atomic E-state index is 0.803. The number of alkyl halides is 1. The van der Waals surface area contributed by atoms with Crippen molar-refractivity contribution in [1.29, 1.82) is 0 Å². The van der Waals surface area contributed by atoms with Crippen molar-refractivity contribution in [2.75, 3.05) is 19.0 Å². The summed E-state index contributed by atoms with van der Waals surface area (Å²) in [4.78, 5) is 0. The molecule has 96 valence electrons. The average molecular weight is 254 g/mol. The van der Waals surface area contributed by atoms with Crippen molar-refractivity contribution in [3.05, 3.63) is 35.9 Å². The lowest BCUT2D eigenvalue weighted by atomic mass is 10.1. The third-order valence-electron chi connectivity index (χ3n) is 2.90. The Bertz CT molecular complexity index is 261. The number of nitrogens with one attached hydrogen (secondary N) is 1. The van der Waals surface area contributed by atoms with E-state index in [1.54, 1.807) is 0 Å². The molecule has 1 aromatic carbocycles. The summed E-state index contributed by atoms with van der Waals surface area (Å²) in [5.41, 5.74) is 1.45. The highest BCUT2D eigenvalue weighted by atomic mass is 35.5. The zero-order valence-corrected chi connectivity index (χ0v) is 11.4. The maximum Gasteiger partial charge on any atom is 0.0223 e. The van der Waals surface area contributed by atoms with Crippen molar-refractivity contribution < 1.29 is 0 Å². The first kappa shape index (κ1) is 14.5. The molecule has 0 saturated carbocycles. The van der Waals surface area contributed by atoms with Crippen LogP contribution in [0.15, 0.2) is 30.3 Å². The van der Waals surface area contributed by atoms with Gasteiger partial charge in [-0.1, -0.05) is 36.8 Å². The molecule has 0 aliphatic heterocycles. The van der Waals surface area contributed by atoms with Crippen LogP contribution < -0.4 is 5.32 Å². The molecule has 1 nitrogen and oxygen atoms in total. The Morgan fingerprint density at radius 1 is 0.824 bits per heavy atom. The van der Waals surface area contributed by atoms with Crippen LogP contribution >= 0.6 is 11.6 Å². The molecule has 0 aliphatic rings. The molecule has 0 fully saturated rings. The van der Waals surface area contributed by atoms with Gasteiger partial charge in [-0.2, -0.15) is 0 Å². The van der Waals surface area contributed by atoms with Crippen LogP contribution in [0, 0.1) is 0 Å². The van der Waals surface area contributed by atoms with Crippen LogP contribution in [0.1, 0.15) is 37.7 Å². The summed E-state index contributed by atoms with van der Waals surface area (Å²) in [6, 6.07) is 10.7. The second-order valence-electron chi connectivity index (χ2n) is 4.44. The molecular formula is C15H24ClN. The second kappa shape index (κ2) is 10.6. The van der Waals surface area contributed by atoms with E-state index in [2.05, 4.69) is 35.6 Å². The molecule has 1 aromatic rings. The van der Waals surface area contributed by atoms with Gasteiger partial charge in [0.2, 0.25) is 0 Å². The molecule has 0 bridgehead atoms. The summed E-state index contributed by atoms with van der Waals surface area (Å²) in [7, 11) is 0. The Kier molecular flexibility index (Phi) is 9.07. The van der Waals surface area contributed by atoms with Gasteiger partial charge >= 0.3 is 0 Å². The van der Waals surface area contributed by atoms with Crippen LogP contribution in [-0.4, -0.2) is 19.0 Å². The molecule has 0 spiro atoms. The van der Waals surface area contributed by atoms with Crippen molar-refractivity contribution in [3.8, 4) is 0 Å². The van der Waals surface area contributed by atoms with Gasteiger partial charge in [0.05, 0.1) is 0 Å². The Morgan fingerprint density at radius 3 is 2.24 bits per heavy atom. The molecule has 0 heterocycles. The predicted octanol–water partition coefficient (Wildman–Crippen LogP) is 4.01. The minimum absolute atomic E-state index is 0.803. The fourth-order valence-corrected chi connectivity index (χ4v) is 2.06. The smallest absolute Gasteiger partial charge is 0.0223 e. The highest BCUT2D eigenvalue weighted by Gasteiger charge is 1.93. The molecule has 2 heteroatoms. The van der Waals surface area contributed by atoms with Crippen LogP contribution in [0.3, 0.4) is 0 Å². The number of aryl methyl sites for hydroxylation is 1. The number of rotatable bonds is 10. The molecule has 17 heavy (non-hydrogen) atoms. The molecule has 0 aromatic heterocycles. The van der Waals surface area contributed by atoms with Gasteiger partial charge in [0.25, 0.3) is 0 Å². The van der Waals surface area contributed by atoms with E-state index in [4.69, 9.17) is 11.6 Å². The normalized spacial score (nSPS) is 10.6. The van der Waals surface area contributed by atoms with Gasteiger partial charge in [0, 0.05) is 5.88 Å². The van der Waals surface area contributed by atoms with Gasteiger partial charge in [-0.05, 0) is 50.8 Å². The van der Waals surface area contributed by atoms with Crippen LogP contribution in [0.5, 0.6) is 0 Å². The molecular weight excluding hydrogens is 230 g/mol. The number of benzene rings is 1. The predicted molar refractivity (Wildman–Crippen MR) is 76.8 cm³/mol. The van der Waals surface area contributed by atoms with Crippen LogP contribution in [0.2, 0.25) is 0 Å². The van der Waals surface area contributed by atoms with E-state index in [1.807, 2.05) is 0 Å². The van der Waals surface area contributed by atoms with Crippen LogP contribution in [0.25, 0.3) is 0 Å². The highest BCUT2D eigenvalue weighted by Crippen LogP contribution is 2.03. The molecule has 0 atom stereocenters. The van der Waals surface area contributed by atoms with Gasteiger partial charge in [0.15, 0.2) is 0 Å². The maximum absolute atomic E-state index is 5.62. The number of hydrogen-bond donors (Lipinski definition) is 1. The molecule has 1 rings (SSSR count). The van der Waals surface area contributed by atoms with E-state index in [1.165, 1.54) is 37.7 Å². The standard InChI is InChI=1S/C15H24ClN/c16-12-6-2-7-13-17-14-8-5-11-15-9-3-1-4-10-15/h1,3-4,9-10,17H,2,5-8,11-14H2. The fraction of sp³-hybridized carbons (Fsp3) is 0.600. The third-order valence-corrected chi connectivity index (χ3v) is 3.17. The van der Waals surface area contributed by atoms with Crippen molar-refractivity contribution in [1.82, 2.24) is 5.32 Å². The van der Waals surface area contributed by atoms with E-state index in [0.29, 0.717) is 0 Å². The van der Waals surface area contributed by atoms with E-state index in [-0.39, 0.29) is 0 Å². The topological polar surface area (TPSA) is 12.0 Å². The Hall–Kier alpha value is -0.530. The minimum Gasteiger partial charge on any atom is -0.317 e. The molecule has 0 amide bonds. The summed E-state index contributed by atoms with van der Waals surface area (Å²) in [5.74, 6) is 0.803. The van der Waals surface area contributed by atoms with Crippen molar-refractivity contribution in [2.24, 2.45) is 0 Å². The third kappa shape index (κ3) is 8.23. The number of unbranched alkanes of at least 4 members (excludes halogenated alkanes) is 3. The zero-order valence-electron chi connectivity index (χ0n) is 10.6. The first-order valence-corrected chi connectivity index (χ1v) is 7.27. The van der Waals surface area contributed by atoms with E-state index < -0.39 is 0 Å². The van der Waals surface area contributed by atoms with Crippen LogP contribution in [0.4, 0.5) is 0 Å². The Morgan fingerprint density at radius 2 is 1.53 bits per heavy atom. The van der Waals surface area contributed by atoms with Crippen molar-refractivity contribution >= 4 is 11.6 Å². The lowest BCUT2D eigenvalue weighted by molar-refractivity contribution is 0.586. The summed E-state index contributed by atoms with van der Waals surface area (Å²) in [5, 5.41) is 3.49. The highest BCUT2D eigenvalue weighted by molar-refractivity contribution is 6.17. The summed E-state index contributed by atoms with van der Waals surface area (Å²) < 4.78 is 0. The Labute approximate surface area is 111 Å². The molecule has 1 N–H and O–H groups in total. The van der Waals surface area contributed by atoms with Gasteiger partial charge in [0.1, 0.15) is 0 Å². The maximum atomic E-state index is 5.62. The van der Waals surface area contributed by atoms with E-state index in [0.717, 1.165) is 25.4 Å². The lowest BCUT2D eigenvalue weighted by Crippen LogP contribution is -2.16. The second-order valence-corrected chi connectivity index (χ2v) is 4.82. The zero-order chi connectivity index (χ0) is 12.2. The molecule has 0 unspecified atom stereocenters. The van der Waals surface area contributed by atoms with Gasteiger partial charge in [-0.15, -0.1) is 11.6 Å². The monoisotopic (exact) mass is 253 g/mol. The van der Waals surface area contributed by atoms with E-state index in [9.17, 15) is 0 Å².